The molecule has 2 N–H and O–H groups in total. The van der Waals surface area contributed by atoms with Gasteiger partial charge in [-0.05, 0) is 24.5 Å². The van der Waals surface area contributed by atoms with Crippen LogP contribution >= 0.6 is 0 Å². The summed E-state index contributed by atoms with van der Waals surface area (Å²) in [7, 11) is 4.67. The molecule has 0 bridgehead atoms. The number of hydrogen-bond acceptors (Lipinski definition) is 6. The number of benzene rings is 2. The average molecular weight is 375 g/mol. The molecule has 1 unspecified atom stereocenters. The summed E-state index contributed by atoms with van der Waals surface area (Å²) >= 11 is 0. The van der Waals surface area contributed by atoms with Crippen LogP contribution < -0.4 is 29.4 Å². The van der Waals surface area contributed by atoms with Crippen molar-refractivity contribution in [3.8, 4) is 34.5 Å². The Labute approximate surface area is 161 Å². The highest BCUT2D eigenvalue weighted by Crippen LogP contribution is 2.42. The van der Waals surface area contributed by atoms with Crippen LogP contribution in [0.15, 0.2) is 30.3 Å². The molecule has 0 aromatic heterocycles. The molecule has 0 aliphatic heterocycles. The molecule has 6 heteroatoms. The lowest BCUT2D eigenvalue weighted by Crippen LogP contribution is -2.08. The summed E-state index contributed by atoms with van der Waals surface area (Å²) in [5.41, 5.74) is 6.63. The lowest BCUT2D eigenvalue weighted by molar-refractivity contribution is 0.251. The van der Waals surface area contributed by atoms with Crippen LogP contribution in [0.25, 0.3) is 0 Å². The Morgan fingerprint density at radius 1 is 0.889 bits per heavy atom. The fraction of sp³-hybridized carbons (Fsp3) is 0.429. The summed E-state index contributed by atoms with van der Waals surface area (Å²) in [6.45, 7) is 5.01. The molecule has 2 aromatic carbocycles. The van der Waals surface area contributed by atoms with Gasteiger partial charge in [-0.3, -0.25) is 0 Å². The molecular weight excluding hydrogens is 346 g/mol. The molecule has 0 fully saturated rings. The Morgan fingerprint density at radius 3 is 2.07 bits per heavy atom. The molecule has 27 heavy (non-hydrogen) atoms. The fourth-order valence-corrected chi connectivity index (χ4v) is 2.77. The van der Waals surface area contributed by atoms with Gasteiger partial charge in [0.25, 0.3) is 0 Å². The van der Waals surface area contributed by atoms with Gasteiger partial charge in [0.1, 0.15) is 11.5 Å². The van der Waals surface area contributed by atoms with E-state index >= 15 is 0 Å². The second-order valence-electron chi connectivity index (χ2n) is 6.37. The van der Waals surface area contributed by atoms with Crippen molar-refractivity contribution in [3.05, 3.63) is 30.3 Å². The van der Waals surface area contributed by atoms with Gasteiger partial charge in [-0.15, -0.1) is 0 Å². The largest absolute Gasteiger partial charge is 0.493 e. The second-order valence-corrected chi connectivity index (χ2v) is 6.37. The third-order valence-corrected chi connectivity index (χ3v) is 4.16. The van der Waals surface area contributed by atoms with Gasteiger partial charge < -0.3 is 29.4 Å². The van der Waals surface area contributed by atoms with Crippen molar-refractivity contribution >= 4 is 5.69 Å². The van der Waals surface area contributed by atoms with Gasteiger partial charge in [0.15, 0.2) is 17.2 Å². The first-order chi connectivity index (χ1) is 13.0. The fourth-order valence-electron chi connectivity index (χ4n) is 2.77. The molecule has 148 valence electrons. The third kappa shape index (κ3) is 5.36. The highest BCUT2D eigenvalue weighted by atomic mass is 16.5. The molecule has 0 amide bonds. The quantitative estimate of drug-likeness (QED) is 0.595. The van der Waals surface area contributed by atoms with E-state index in [4.69, 9.17) is 29.4 Å². The van der Waals surface area contributed by atoms with Crippen molar-refractivity contribution in [2.75, 3.05) is 33.7 Å². The number of rotatable bonds is 10. The second kappa shape index (κ2) is 9.80. The summed E-state index contributed by atoms with van der Waals surface area (Å²) in [5, 5.41) is 0. The average Bonchev–Trinajstić information content (AvgIpc) is 2.67. The number of anilines is 1. The Hall–Kier alpha value is -2.76. The van der Waals surface area contributed by atoms with Crippen molar-refractivity contribution < 1.29 is 23.7 Å². The predicted molar refractivity (Wildman–Crippen MR) is 107 cm³/mol. The third-order valence-electron chi connectivity index (χ3n) is 4.16. The molecule has 6 nitrogen and oxygen atoms in total. The summed E-state index contributed by atoms with van der Waals surface area (Å²) in [5.74, 6) is 3.81. The van der Waals surface area contributed by atoms with Crippen LogP contribution in [0.5, 0.6) is 34.5 Å². The van der Waals surface area contributed by atoms with E-state index in [1.165, 1.54) is 0 Å². The minimum atomic E-state index is 0.490. The number of nitrogen functional groups attached to an aromatic ring is 1. The van der Waals surface area contributed by atoms with Crippen LogP contribution in [0.3, 0.4) is 0 Å². The SMILES string of the molecule is CCCC(C)COc1ccc(Oc2cc(OC)c(OC)c(OC)c2)c(N)c1. The van der Waals surface area contributed by atoms with Crippen molar-refractivity contribution in [3.63, 3.8) is 0 Å². The van der Waals surface area contributed by atoms with Gasteiger partial charge in [-0.1, -0.05) is 20.3 Å². The van der Waals surface area contributed by atoms with Gasteiger partial charge in [-0.2, -0.15) is 0 Å². The Bertz CT molecular complexity index is 722. The highest BCUT2D eigenvalue weighted by Gasteiger charge is 2.15. The molecule has 0 aliphatic rings. The Kier molecular flexibility index (Phi) is 7.46. The van der Waals surface area contributed by atoms with Gasteiger partial charge in [0.05, 0.1) is 33.6 Å². The Balaban J connectivity index is 2.15. The summed E-state index contributed by atoms with van der Waals surface area (Å²) < 4.78 is 27.7. The maximum Gasteiger partial charge on any atom is 0.203 e. The van der Waals surface area contributed by atoms with Crippen LogP contribution in [-0.4, -0.2) is 27.9 Å². The van der Waals surface area contributed by atoms with Gasteiger partial charge in [-0.25, -0.2) is 0 Å². The van der Waals surface area contributed by atoms with E-state index in [9.17, 15) is 0 Å². The minimum Gasteiger partial charge on any atom is -0.493 e. The van der Waals surface area contributed by atoms with Crippen molar-refractivity contribution in [1.29, 1.82) is 0 Å². The van der Waals surface area contributed by atoms with Crippen LogP contribution in [0.4, 0.5) is 5.69 Å². The molecule has 0 heterocycles. The van der Waals surface area contributed by atoms with E-state index in [1.54, 1.807) is 45.6 Å². The first-order valence-corrected chi connectivity index (χ1v) is 9.02. The zero-order chi connectivity index (χ0) is 19.8. The number of nitrogens with two attached hydrogens (primary N) is 1. The lowest BCUT2D eigenvalue weighted by atomic mass is 10.1. The van der Waals surface area contributed by atoms with E-state index in [2.05, 4.69) is 13.8 Å². The zero-order valence-corrected chi connectivity index (χ0v) is 16.7. The molecule has 2 aromatic rings. The topological polar surface area (TPSA) is 72.2 Å². The molecule has 0 spiro atoms. The lowest BCUT2D eigenvalue weighted by Gasteiger charge is -2.16. The monoisotopic (exact) mass is 375 g/mol. The van der Waals surface area contributed by atoms with Crippen LogP contribution in [0.1, 0.15) is 26.7 Å². The molecule has 2 rings (SSSR count). The van der Waals surface area contributed by atoms with Crippen molar-refractivity contribution in [2.24, 2.45) is 5.92 Å². The van der Waals surface area contributed by atoms with Crippen molar-refractivity contribution in [2.45, 2.75) is 26.7 Å². The predicted octanol–water partition coefficient (Wildman–Crippen LogP) is 4.90. The van der Waals surface area contributed by atoms with Crippen LogP contribution in [-0.2, 0) is 0 Å². The van der Waals surface area contributed by atoms with Crippen LogP contribution in [0, 0.1) is 5.92 Å². The zero-order valence-electron chi connectivity index (χ0n) is 16.7. The summed E-state index contributed by atoms with van der Waals surface area (Å²) in [6, 6.07) is 8.85. The van der Waals surface area contributed by atoms with Gasteiger partial charge in [0, 0.05) is 18.2 Å². The maximum absolute atomic E-state index is 6.14. The molecule has 0 saturated carbocycles. The van der Waals surface area contributed by atoms with Crippen LogP contribution in [0.2, 0.25) is 0 Å². The minimum absolute atomic E-state index is 0.490. The van der Waals surface area contributed by atoms with E-state index in [-0.39, 0.29) is 0 Å². The molecule has 0 radical (unpaired) electrons. The summed E-state index contributed by atoms with van der Waals surface area (Å²) in [6.07, 6.45) is 2.28. The number of ether oxygens (including phenoxy) is 5. The molecular formula is C21H29NO5. The normalized spacial score (nSPS) is 11.6. The first kappa shape index (κ1) is 20.6. The van der Waals surface area contributed by atoms with E-state index < -0.39 is 0 Å². The molecule has 0 aliphatic carbocycles. The van der Waals surface area contributed by atoms with E-state index in [1.807, 2.05) is 6.07 Å². The first-order valence-electron chi connectivity index (χ1n) is 9.02. The molecule has 1 atom stereocenters. The number of hydrogen-bond donors (Lipinski definition) is 1. The highest BCUT2D eigenvalue weighted by molar-refractivity contribution is 5.60. The van der Waals surface area contributed by atoms with E-state index in [0.29, 0.717) is 47.0 Å². The maximum atomic E-state index is 6.14. The smallest absolute Gasteiger partial charge is 0.203 e. The molecule has 0 saturated heterocycles. The van der Waals surface area contributed by atoms with Gasteiger partial charge in [0.2, 0.25) is 5.75 Å². The van der Waals surface area contributed by atoms with Gasteiger partial charge >= 0.3 is 0 Å². The van der Waals surface area contributed by atoms with Crippen molar-refractivity contribution in [1.82, 2.24) is 0 Å². The number of methoxy groups -OCH3 is 3. The Morgan fingerprint density at radius 2 is 1.56 bits per heavy atom. The summed E-state index contributed by atoms with van der Waals surface area (Å²) in [4.78, 5) is 0. The standard InChI is InChI=1S/C21H29NO5/c1-6-7-14(2)13-26-15-8-9-18(17(22)10-15)27-16-11-19(23-3)21(25-5)20(12-16)24-4/h8-12,14H,6-7,13,22H2,1-5H3. The van der Waals surface area contributed by atoms with E-state index in [0.717, 1.165) is 18.6 Å².